The Balaban J connectivity index is 1.45. The first-order valence-electron chi connectivity index (χ1n) is 9.56. The number of aryl methyl sites for hydroxylation is 1. The van der Waals surface area contributed by atoms with Gasteiger partial charge in [0.15, 0.2) is 0 Å². The molecule has 29 heavy (non-hydrogen) atoms. The van der Waals surface area contributed by atoms with Crippen molar-refractivity contribution in [3.05, 3.63) is 89.1 Å². The third kappa shape index (κ3) is 3.56. The predicted octanol–water partition coefficient (Wildman–Crippen LogP) is 4.21. The van der Waals surface area contributed by atoms with Crippen LogP contribution in [0.4, 0.5) is 4.39 Å². The topological polar surface area (TPSA) is 70.8 Å². The van der Waals surface area contributed by atoms with Crippen molar-refractivity contribution < 1.29 is 8.91 Å². The summed E-state index contributed by atoms with van der Waals surface area (Å²) in [6.45, 7) is 3.37. The van der Waals surface area contributed by atoms with E-state index < -0.39 is 0 Å². The maximum Gasteiger partial charge on any atom is 0.244 e. The van der Waals surface area contributed by atoms with Crippen molar-refractivity contribution in [2.75, 3.05) is 0 Å². The molecule has 2 aromatic carbocycles. The summed E-state index contributed by atoms with van der Waals surface area (Å²) in [5.74, 6) is 0.908. The average molecular weight is 389 g/mol. The van der Waals surface area contributed by atoms with E-state index in [4.69, 9.17) is 4.52 Å². The summed E-state index contributed by atoms with van der Waals surface area (Å²) in [6.07, 6.45) is 2.39. The lowest BCUT2D eigenvalue weighted by Crippen LogP contribution is -2.34. The molecule has 0 fully saturated rings. The van der Waals surface area contributed by atoms with Crippen molar-refractivity contribution in [3.8, 4) is 11.4 Å². The summed E-state index contributed by atoms with van der Waals surface area (Å²) in [4.78, 5) is 14.6. The number of aromatic nitrogens is 4. The largest absolute Gasteiger partial charge is 0.347 e. The van der Waals surface area contributed by atoms with Crippen LogP contribution in [0, 0.1) is 12.7 Å². The number of fused-ring (bicyclic) bond motifs is 1. The van der Waals surface area contributed by atoms with Gasteiger partial charge in [0.05, 0.1) is 23.8 Å². The van der Waals surface area contributed by atoms with Crippen LogP contribution < -0.4 is 0 Å². The van der Waals surface area contributed by atoms with Gasteiger partial charge in [0.25, 0.3) is 0 Å². The fraction of sp³-hybridized carbons (Fsp3) is 0.227. The maximum atomic E-state index is 13.3. The van der Waals surface area contributed by atoms with E-state index in [1.165, 1.54) is 17.7 Å². The van der Waals surface area contributed by atoms with Crippen LogP contribution in [0.1, 0.15) is 34.4 Å². The van der Waals surface area contributed by atoms with E-state index in [1.54, 1.807) is 18.5 Å². The first-order chi connectivity index (χ1) is 14.2. The van der Waals surface area contributed by atoms with Crippen LogP contribution in [0.15, 0.2) is 59.4 Å². The maximum absolute atomic E-state index is 13.3. The molecule has 0 spiro atoms. The summed E-state index contributed by atoms with van der Waals surface area (Å²) in [5, 5.41) is 4.20. The van der Waals surface area contributed by atoms with Gasteiger partial charge in [-0.05, 0) is 24.6 Å². The number of hydrogen-bond donors (Lipinski definition) is 1. The second kappa shape index (κ2) is 7.25. The monoisotopic (exact) mass is 389 g/mol. The van der Waals surface area contributed by atoms with Gasteiger partial charge >= 0.3 is 0 Å². The molecule has 6 nitrogen and oxygen atoms in total. The van der Waals surface area contributed by atoms with Gasteiger partial charge in [-0.1, -0.05) is 47.1 Å². The third-order valence-electron chi connectivity index (χ3n) is 5.33. The minimum absolute atomic E-state index is 0.0949. The number of H-pyrrole nitrogens is 1. The van der Waals surface area contributed by atoms with Gasteiger partial charge in [-0.3, -0.25) is 4.90 Å². The minimum atomic E-state index is -0.237. The second-order valence-corrected chi connectivity index (χ2v) is 7.40. The highest BCUT2D eigenvalue weighted by Crippen LogP contribution is 2.33. The van der Waals surface area contributed by atoms with Gasteiger partial charge in [0.1, 0.15) is 5.82 Å². The molecule has 5 rings (SSSR count). The van der Waals surface area contributed by atoms with Crippen LogP contribution in [-0.2, 0) is 19.5 Å². The smallest absolute Gasteiger partial charge is 0.244 e. The molecule has 0 bridgehead atoms. The summed E-state index contributed by atoms with van der Waals surface area (Å²) < 4.78 is 19.0. The molecular weight excluding hydrogens is 369 g/mol. The molecule has 4 aromatic rings. The van der Waals surface area contributed by atoms with Crippen molar-refractivity contribution in [3.63, 3.8) is 0 Å². The summed E-state index contributed by atoms with van der Waals surface area (Å²) in [5.41, 5.74) is 5.23. The van der Waals surface area contributed by atoms with Crippen LogP contribution in [0.25, 0.3) is 11.4 Å². The van der Waals surface area contributed by atoms with Crippen molar-refractivity contribution in [2.24, 2.45) is 0 Å². The molecular formula is C22H20FN5O. The Morgan fingerprint density at radius 1 is 1.14 bits per heavy atom. The summed E-state index contributed by atoms with van der Waals surface area (Å²) in [6, 6.07) is 14.5. The number of imidazole rings is 1. The van der Waals surface area contributed by atoms with Crippen LogP contribution in [-0.4, -0.2) is 25.0 Å². The normalized spacial score (nSPS) is 16.7. The fourth-order valence-corrected chi connectivity index (χ4v) is 3.71. The molecule has 1 N–H and O–H groups in total. The average Bonchev–Trinajstić information content (AvgIpc) is 3.39. The third-order valence-corrected chi connectivity index (χ3v) is 5.33. The summed E-state index contributed by atoms with van der Waals surface area (Å²) >= 11 is 0. The van der Waals surface area contributed by atoms with E-state index in [1.807, 2.05) is 31.2 Å². The van der Waals surface area contributed by atoms with Crippen LogP contribution in [0.3, 0.4) is 0 Å². The lowest BCUT2D eigenvalue weighted by atomic mass is 10.0. The molecule has 0 amide bonds. The van der Waals surface area contributed by atoms with Crippen LogP contribution >= 0.6 is 0 Å². The predicted molar refractivity (Wildman–Crippen MR) is 105 cm³/mol. The van der Waals surface area contributed by atoms with E-state index in [0.717, 1.165) is 22.5 Å². The first-order valence-corrected chi connectivity index (χ1v) is 9.56. The lowest BCUT2D eigenvalue weighted by molar-refractivity contribution is 0.128. The second-order valence-electron chi connectivity index (χ2n) is 7.40. The van der Waals surface area contributed by atoms with E-state index in [-0.39, 0.29) is 11.9 Å². The number of aromatic amines is 1. The molecule has 3 heterocycles. The Kier molecular flexibility index (Phi) is 4.44. The Labute approximate surface area is 167 Å². The fourth-order valence-electron chi connectivity index (χ4n) is 3.71. The molecule has 1 aliphatic rings. The quantitative estimate of drug-likeness (QED) is 0.566. The molecule has 0 radical (unpaired) electrons. The summed E-state index contributed by atoms with van der Waals surface area (Å²) in [7, 11) is 0. The first kappa shape index (κ1) is 17.8. The molecule has 0 saturated heterocycles. The standard InChI is InChI=1S/C22H20FN5O/c1-14-2-6-16(7-3-14)21-26-22(29-27-21)20-10-18-19(25-13-24-18)12-28(20)11-15-4-8-17(23)9-5-15/h2-9,13,20H,10-12H2,1H3,(H,24,25)/t20-/m0/s1. The Bertz CT molecular complexity index is 1120. The lowest BCUT2D eigenvalue weighted by Gasteiger charge is -2.32. The van der Waals surface area contributed by atoms with Crippen molar-refractivity contribution in [2.45, 2.75) is 32.5 Å². The van der Waals surface area contributed by atoms with Gasteiger partial charge in [-0.2, -0.15) is 4.98 Å². The van der Waals surface area contributed by atoms with Gasteiger partial charge < -0.3 is 9.51 Å². The Hall–Kier alpha value is -3.32. The number of nitrogens with zero attached hydrogens (tertiary/aromatic N) is 4. The zero-order valence-corrected chi connectivity index (χ0v) is 16.0. The van der Waals surface area contributed by atoms with E-state index in [9.17, 15) is 4.39 Å². The minimum Gasteiger partial charge on any atom is -0.347 e. The molecule has 1 aliphatic heterocycles. The molecule has 0 aliphatic carbocycles. The highest BCUT2D eigenvalue weighted by molar-refractivity contribution is 5.54. The van der Waals surface area contributed by atoms with Crippen molar-refractivity contribution in [1.82, 2.24) is 25.0 Å². The van der Waals surface area contributed by atoms with Crippen LogP contribution in [0.5, 0.6) is 0 Å². The molecule has 7 heteroatoms. The highest BCUT2D eigenvalue weighted by Gasteiger charge is 2.33. The van der Waals surface area contributed by atoms with Crippen molar-refractivity contribution in [1.29, 1.82) is 0 Å². The molecule has 2 aromatic heterocycles. The Morgan fingerprint density at radius 3 is 2.72 bits per heavy atom. The highest BCUT2D eigenvalue weighted by atomic mass is 19.1. The number of halogens is 1. The number of rotatable bonds is 4. The van der Waals surface area contributed by atoms with Gasteiger partial charge in [-0.15, -0.1) is 0 Å². The molecule has 146 valence electrons. The van der Waals surface area contributed by atoms with Crippen LogP contribution in [0.2, 0.25) is 0 Å². The Morgan fingerprint density at radius 2 is 1.93 bits per heavy atom. The van der Waals surface area contributed by atoms with E-state index in [0.29, 0.717) is 31.2 Å². The van der Waals surface area contributed by atoms with Gasteiger partial charge in [-0.25, -0.2) is 9.37 Å². The van der Waals surface area contributed by atoms with E-state index >= 15 is 0 Å². The SMILES string of the molecule is Cc1ccc(-c2noc([C@@H]3Cc4nc[nH]c4CN3Cc3ccc(F)cc3)n2)cc1. The molecule has 0 saturated carbocycles. The molecule has 0 unspecified atom stereocenters. The van der Waals surface area contributed by atoms with Gasteiger partial charge in [0, 0.05) is 25.1 Å². The van der Waals surface area contributed by atoms with Gasteiger partial charge in [0.2, 0.25) is 11.7 Å². The zero-order chi connectivity index (χ0) is 19.8. The number of nitrogens with one attached hydrogen (secondary N) is 1. The van der Waals surface area contributed by atoms with Crippen molar-refractivity contribution >= 4 is 0 Å². The molecule has 1 atom stereocenters. The number of benzene rings is 2. The number of hydrogen-bond acceptors (Lipinski definition) is 5. The van der Waals surface area contributed by atoms with E-state index in [2.05, 4.69) is 25.0 Å². The zero-order valence-electron chi connectivity index (χ0n) is 16.0.